The summed E-state index contributed by atoms with van der Waals surface area (Å²) in [6, 6.07) is 8.49. The molecule has 18 heavy (non-hydrogen) atoms. The summed E-state index contributed by atoms with van der Waals surface area (Å²) in [5.74, 6) is 0. The quantitative estimate of drug-likeness (QED) is 0.793. The minimum Gasteiger partial charge on any atom is -0.390 e. The van der Waals surface area contributed by atoms with Crippen LogP contribution < -0.4 is 5.32 Å². The summed E-state index contributed by atoms with van der Waals surface area (Å²) < 4.78 is 0. The van der Waals surface area contributed by atoms with E-state index in [-0.39, 0.29) is 6.10 Å². The lowest BCUT2D eigenvalue weighted by molar-refractivity contribution is 0.121. The molecule has 0 amide bonds. The summed E-state index contributed by atoms with van der Waals surface area (Å²) in [6.07, 6.45) is 2.21. The molecule has 4 heteroatoms. The number of benzene rings is 1. The molecule has 2 rings (SSSR count). The van der Waals surface area contributed by atoms with Gasteiger partial charge in [-0.2, -0.15) is 0 Å². The molecule has 0 saturated heterocycles. The molecule has 1 aromatic carbocycles. The number of nitrogens with one attached hydrogen (secondary N) is 1. The Morgan fingerprint density at radius 2 is 2.06 bits per heavy atom. The Morgan fingerprint density at radius 3 is 2.67 bits per heavy atom. The van der Waals surface area contributed by atoms with Crippen molar-refractivity contribution < 1.29 is 5.11 Å². The van der Waals surface area contributed by atoms with Crippen LogP contribution in [0.25, 0.3) is 0 Å². The number of rotatable bonds is 7. The van der Waals surface area contributed by atoms with E-state index in [0.717, 1.165) is 11.6 Å². The maximum absolute atomic E-state index is 9.89. The topological polar surface area (TPSA) is 35.5 Å². The molecule has 1 aromatic rings. The summed E-state index contributed by atoms with van der Waals surface area (Å²) in [5.41, 5.74) is 1.21. The first-order valence-electron chi connectivity index (χ1n) is 6.48. The van der Waals surface area contributed by atoms with Gasteiger partial charge < -0.3 is 10.4 Å². The highest BCUT2D eigenvalue weighted by atomic mass is 35.5. The van der Waals surface area contributed by atoms with Gasteiger partial charge in [0.15, 0.2) is 0 Å². The molecular formula is C14H21ClN2O. The Kier molecular flexibility index (Phi) is 5.01. The van der Waals surface area contributed by atoms with Crippen LogP contribution in [-0.4, -0.2) is 42.3 Å². The standard InChI is InChI=1S/C14H21ClN2O/c1-17(9-11-2-4-12(15)5-3-11)10-14(18)8-16-13-6-7-13/h2-5,13-14,16,18H,6-10H2,1H3. The van der Waals surface area contributed by atoms with Crippen LogP contribution in [0.5, 0.6) is 0 Å². The van der Waals surface area contributed by atoms with E-state index in [9.17, 15) is 5.11 Å². The number of aliphatic hydroxyl groups is 1. The molecule has 0 aliphatic heterocycles. The Labute approximate surface area is 114 Å². The van der Waals surface area contributed by atoms with E-state index in [1.165, 1.54) is 18.4 Å². The molecule has 1 atom stereocenters. The molecule has 1 saturated carbocycles. The van der Waals surface area contributed by atoms with Crippen LogP contribution in [0.4, 0.5) is 0 Å². The molecule has 100 valence electrons. The van der Waals surface area contributed by atoms with E-state index in [2.05, 4.69) is 10.2 Å². The molecule has 1 fully saturated rings. The summed E-state index contributed by atoms with van der Waals surface area (Å²) in [6.45, 7) is 2.20. The third-order valence-corrected chi connectivity index (χ3v) is 3.36. The first kappa shape index (κ1) is 13.8. The zero-order valence-corrected chi connectivity index (χ0v) is 11.5. The van der Waals surface area contributed by atoms with Crippen LogP contribution in [0.2, 0.25) is 5.02 Å². The monoisotopic (exact) mass is 268 g/mol. The van der Waals surface area contributed by atoms with E-state index in [4.69, 9.17) is 11.6 Å². The van der Waals surface area contributed by atoms with E-state index in [1.54, 1.807) is 0 Å². The van der Waals surface area contributed by atoms with Crippen molar-refractivity contribution in [3.63, 3.8) is 0 Å². The maximum Gasteiger partial charge on any atom is 0.0791 e. The number of hydrogen-bond acceptors (Lipinski definition) is 3. The van der Waals surface area contributed by atoms with Crippen molar-refractivity contribution in [1.82, 2.24) is 10.2 Å². The number of nitrogens with zero attached hydrogens (tertiary/aromatic N) is 1. The minimum atomic E-state index is -0.303. The Hall–Kier alpha value is -0.610. The molecule has 0 aromatic heterocycles. The maximum atomic E-state index is 9.89. The fourth-order valence-electron chi connectivity index (χ4n) is 1.98. The van der Waals surface area contributed by atoms with Gasteiger partial charge in [0.2, 0.25) is 0 Å². The van der Waals surface area contributed by atoms with Crippen molar-refractivity contribution in [2.24, 2.45) is 0 Å². The predicted molar refractivity (Wildman–Crippen MR) is 74.8 cm³/mol. The average Bonchev–Trinajstić information content (AvgIpc) is 3.13. The zero-order chi connectivity index (χ0) is 13.0. The smallest absolute Gasteiger partial charge is 0.0791 e. The van der Waals surface area contributed by atoms with E-state index < -0.39 is 0 Å². The highest BCUT2D eigenvalue weighted by Gasteiger charge is 2.21. The Bertz CT molecular complexity index is 365. The molecule has 1 unspecified atom stereocenters. The van der Waals surface area contributed by atoms with Gasteiger partial charge >= 0.3 is 0 Å². The first-order chi connectivity index (χ1) is 8.63. The first-order valence-corrected chi connectivity index (χ1v) is 6.85. The van der Waals surface area contributed by atoms with Gasteiger partial charge in [-0.1, -0.05) is 23.7 Å². The molecule has 0 radical (unpaired) electrons. The molecule has 1 aliphatic rings. The van der Waals surface area contributed by atoms with Crippen molar-refractivity contribution in [1.29, 1.82) is 0 Å². The van der Waals surface area contributed by atoms with Gasteiger partial charge in [-0.3, -0.25) is 4.90 Å². The predicted octanol–water partition coefficient (Wildman–Crippen LogP) is 1.88. The Morgan fingerprint density at radius 1 is 1.39 bits per heavy atom. The molecule has 1 aliphatic carbocycles. The molecule has 0 spiro atoms. The largest absolute Gasteiger partial charge is 0.390 e. The van der Waals surface area contributed by atoms with Crippen LogP contribution in [0.3, 0.4) is 0 Å². The SMILES string of the molecule is CN(Cc1ccc(Cl)cc1)CC(O)CNC1CC1. The second-order valence-corrected chi connectivity index (χ2v) is 5.60. The van der Waals surface area contributed by atoms with Gasteiger partial charge in [0.05, 0.1) is 6.10 Å². The van der Waals surface area contributed by atoms with Crippen molar-refractivity contribution in [3.8, 4) is 0 Å². The van der Waals surface area contributed by atoms with Gasteiger partial charge in [0.1, 0.15) is 0 Å². The molecule has 2 N–H and O–H groups in total. The van der Waals surface area contributed by atoms with Gasteiger partial charge in [-0.05, 0) is 37.6 Å². The lowest BCUT2D eigenvalue weighted by Crippen LogP contribution is -2.37. The van der Waals surface area contributed by atoms with E-state index in [0.29, 0.717) is 19.1 Å². The summed E-state index contributed by atoms with van der Waals surface area (Å²) >= 11 is 5.85. The number of likely N-dealkylation sites (N-methyl/N-ethyl adjacent to an activating group) is 1. The van der Waals surface area contributed by atoms with Crippen LogP contribution in [0.15, 0.2) is 24.3 Å². The lowest BCUT2D eigenvalue weighted by Gasteiger charge is -2.21. The third kappa shape index (κ3) is 4.94. The molecule has 0 heterocycles. The zero-order valence-electron chi connectivity index (χ0n) is 10.8. The minimum absolute atomic E-state index is 0.303. The van der Waals surface area contributed by atoms with E-state index in [1.807, 2.05) is 31.3 Å². The van der Waals surface area contributed by atoms with Crippen LogP contribution in [0, 0.1) is 0 Å². The number of aliphatic hydroxyl groups excluding tert-OH is 1. The van der Waals surface area contributed by atoms with Gasteiger partial charge in [-0.15, -0.1) is 0 Å². The fourth-order valence-corrected chi connectivity index (χ4v) is 2.11. The van der Waals surface area contributed by atoms with Crippen molar-refractivity contribution in [2.45, 2.75) is 31.5 Å². The summed E-state index contributed by atoms with van der Waals surface area (Å²) in [5, 5.41) is 14.0. The summed E-state index contributed by atoms with van der Waals surface area (Å²) in [7, 11) is 2.02. The van der Waals surface area contributed by atoms with Gasteiger partial charge in [0.25, 0.3) is 0 Å². The molecular weight excluding hydrogens is 248 g/mol. The Balaban J connectivity index is 1.69. The highest BCUT2D eigenvalue weighted by molar-refractivity contribution is 6.30. The van der Waals surface area contributed by atoms with Gasteiger partial charge in [0, 0.05) is 30.7 Å². The highest BCUT2D eigenvalue weighted by Crippen LogP contribution is 2.18. The van der Waals surface area contributed by atoms with Crippen LogP contribution in [-0.2, 0) is 6.54 Å². The lowest BCUT2D eigenvalue weighted by atomic mass is 10.2. The number of halogens is 1. The third-order valence-electron chi connectivity index (χ3n) is 3.11. The molecule has 0 bridgehead atoms. The average molecular weight is 269 g/mol. The van der Waals surface area contributed by atoms with E-state index >= 15 is 0 Å². The summed E-state index contributed by atoms with van der Waals surface area (Å²) in [4.78, 5) is 2.13. The second-order valence-electron chi connectivity index (χ2n) is 5.16. The number of hydrogen-bond donors (Lipinski definition) is 2. The normalized spacial score (nSPS) is 17.1. The fraction of sp³-hybridized carbons (Fsp3) is 0.571. The van der Waals surface area contributed by atoms with Crippen molar-refractivity contribution in [2.75, 3.05) is 20.1 Å². The van der Waals surface area contributed by atoms with Crippen LogP contribution in [0.1, 0.15) is 18.4 Å². The van der Waals surface area contributed by atoms with Crippen LogP contribution >= 0.6 is 11.6 Å². The molecule has 3 nitrogen and oxygen atoms in total. The van der Waals surface area contributed by atoms with Crippen molar-refractivity contribution in [3.05, 3.63) is 34.9 Å². The van der Waals surface area contributed by atoms with Crippen molar-refractivity contribution >= 4 is 11.6 Å². The van der Waals surface area contributed by atoms with Gasteiger partial charge in [-0.25, -0.2) is 0 Å². The second kappa shape index (κ2) is 6.53.